The van der Waals surface area contributed by atoms with E-state index in [9.17, 15) is 43.2 Å². The summed E-state index contributed by atoms with van der Waals surface area (Å²) in [5.41, 5.74) is 0. The Bertz CT molecular complexity index is 1830. The Hall–Kier alpha value is -1.94. The molecule has 5 atom stereocenters. The van der Waals surface area contributed by atoms with Gasteiger partial charge in [0, 0.05) is 25.7 Å². The molecule has 0 aliphatic heterocycles. The standard InChI is InChI=1S/C77H150O17P2/c1-5-9-13-17-21-25-29-32-35-38-42-45-49-53-57-61-74(79)87-67-72(93-76(81)63-59-55-51-47-41-28-24-20-16-12-8-4)69-91-95(83,84)89-65-71(78)66-90-96(85,86)92-70-73(94-77(82)64-60-56-52-48-44-40-37-34-31-27-23-19-15-11-7-3)68-88-75(80)62-58-54-50-46-43-39-36-33-30-26-22-18-14-10-6-2/h71-73,78H,5-70H2,1-4H3,(H,83,84)(H,85,86). The molecule has 0 fully saturated rings. The summed E-state index contributed by atoms with van der Waals surface area (Å²) in [4.78, 5) is 72.9. The van der Waals surface area contributed by atoms with Gasteiger partial charge in [-0.05, 0) is 25.7 Å². The van der Waals surface area contributed by atoms with Crippen molar-refractivity contribution < 1.29 is 80.2 Å². The lowest BCUT2D eigenvalue weighted by molar-refractivity contribution is -0.161. The largest absolute Gasteiger partial charge is 0.472 e. The molecule has 0 amide bonds. The van der Waals surface area contributed by atoms with E-state index in [0.29, 0.717) is 25.7 Å². The minimum absolute atomic E-state index is 0.108. The Kier molecular flexibility index (Phi) is 70.0. The zero-order valence-electron chi connectivity index (χ0n) is 62.4. The number of aliphatic hydroxyl groups excluding tert-OH is 1. The molecule has 0 aromatic carbocycles. The van der Waals surface area contributed by atoms with Gasteiger partial charge in [0.2, 0.25) is 0 Å². The molecule has 17 nitrogen and oxygen atoms in total. The average Bonchev–Trinajstić information content (AvgIpc) is 1.11. The molecular weight excluding hydrogens is 1260 g/mol. The molecule has 5 unspecified atom stereocenters. The van der Waals surface area contributed by atoms with Crippen LogP contribution in [0.15, 0.2) is 0 Å². The van der Waals surface area contributed by atoms with Crippen molar-refractivity contribution in [3.05, 3.63) is 0 Å². The van der Waals surface area contributed by atoms with Gasteiger partial charge in [0.15, 0.2) is 12.2 Å². The SMILES string of the molecule is CCCCCCCCCCCCCCCCCC(=O)OCC(COP(=O)(O)OCC(O)COP(=O)(O)OCC(COC(=O)CCCCCCCCCCCCCCCCC)OC(=O)CCCCCCCCCCCCCCCCC)OC(=O)CCCCCCCCCCCCC. The molecule has 0 radical (unpaired) electrons. The highest BCUT2D eigenvalue weighted by Crippen LogP contribution is 2.45. The highest BCUT2D eigenvalue weighted by atomic mass is 31.2. The summed E-state index contributed by atoms with van der Waals surface area (Å²) in [5, 5.41) is 10.6. The van der Waals surface area contributed by atoms with E-state index in [-0.39, 0.29) is 25.7 Å². The molecule has 0 saturated heterocycles. The molecule has 0 heterocycles. The number of carbonyl (C=O) groups excluding carboxylic acids is 4. The zero-order chi connectivity index (χ0) is 70.4. The number of carbonyl (C=O) groups is 4. The molecule has 0 saturated carbocycles. The average molecular weight is 1410 g/mol. The van der Waals surface area contributed by atoms with E-state index in [4.69, 9.17) is 37.0 Å². The second-order valence-corrected chi connectivity index (χ2v) is 30.7. The van der Waals surface area contributed by atoms with Gasteiger partial charge >= 0.3 is 39.5 Å². The molecule has 3 N–H and O–H groups in total. The smallest absolute Gasteiger partial charge is 0.462 e. The van der Waals surface area contributed by atoms with Crippen molar-refractivity contribution in [1.82, 2.24) is 0 Å². The van der Waals surface area contributed by atoms with E-state index in [1.165, 1.54) is 244 Å². The molecule has 96 heavy (non-hydrogen) atoms. The van der Waals surface area contributed by atoms with Crippen molar-refractivity contribution in [2.24, 2.45) is 0 Å². The molecule has 0 aliphatic carbocycles. The fraction of sp³-hybridized carbons (Fsp3) is 0.948. The van der Waals surface area contributed by atoms with Crippen molar-refractivity contribution in [1.29, 1.82) is 0 Å². The predicted molar refractivity (Wildman–Crippen MR) is 391 cm³/mol. The maximum Gasteiger partial charge on any atom is 0.472 e. The maximum atomic E-state index is 13.1. The van der Waals surface area contributed by atoms with Gasteiger partial charge in [0.1, 0.15) is 19.3 Å². The van der Waals surface area contributed by atoms with Crippen molar-refractivity contribution in [2.45, 2.75) is 431 Å². The molecule has 0 bridgehead atoms. The first-order valence-corrected chi connectivity index (χ1v) is 43.3. The van der Waals surface area contributed by atoms with Gasteiger partial charge in [-0.2, -0.15) is 0 Å². The summed E-state index contributed by atoms with van der Waals surface area (Å²) in [6.07, 6.45) is 62.2. The summed E-state index contributed by atoms with van der Waals surface area (Å²) >= 11 is 0. The third kappa shape index (κ3) is 70.5. The summed E-state index contributed by atoms with van der Waals surface area (Å²) in [6.45, 7) is 5.01. The lowest BCUT2D eigenvalue weighted by Gasteiger charge is -2.21. The van der Waals surface area contributed by atoms with Gasteiger partial charge in [0.25, 0.3) is 0 Å². The highest BCUT2D eigenvalue weighted by molar-refractivity contribution is 7.47. The number of aliphatic hydroxyl groups is 1. The third-order valence-electron chi connectivity index (χ3n) is 18.1. The fourth-order valence-electron chi connectivity index (χ4n) is 11.9. The topological polar surface area (TPSA) is 237 Å². The Morgan fingerprint density at radius 3 is 0.615 bits per heavy atom. The van der Waals surface area contributed by atoms with E-state index in [1.54, 1.807) is 0 Å². The summed E-state index contributed by atoms with van der Waals surface area (Å²) in [6, 6.07) is 0. The lowest BCUT2D eigenvalue weighted by Crippen LogP contribution is -2.30. The monoisotopic (exact) mass is 1410 g/mol. The minimum atomic E-state index is -4.96. The van der Waals surface area contributed by atoms with Crippen LogP contribution in [0.2, 0.25) is 0 Å². The fourth-order valence-corrected chi connectivity index (χ4v) is 13.5. The first-order valence-electron chi connectivity index (χ1n) is 40.3. The number of phosphoric acid groups is 2. The van der Waals surface area contributed by atoms with Crippen LogP contribution in [0.4, 0.5) is 0 Å². The van der Waals surface area contributed by atoms with E-state index >= 15 is 0 Å². The molecular formula is C77H150O17P2. The second-order valence-electron chi connectivity index (χ2n) is 27.7. The van der Waals surface area contributed by atoms with Crippen LogP contribution < -0.4 is 0 Å². The molecule has 570 valence electrons. The Morgan fingerprint density at radius 2 is 0.417 bits per heavy atom. The van der Waals surface area contributed by atoms with Crippen molar-refractivity contribution in [3.63, 3.8) is 0 Å². The molecule has 0 aromatic heterocycles. The highest BCUT2D eigenvalue weighted by Gasteiger charge is 2.30. The van der Waals surface area contributed by atoms with Crippen LogP contribution in [0.5, 0.6) is 0 Å². The van der Waals surface area contributed by atoms with Gasteiger partial charge in [-0.1, -0.05) is 362 Å². The summed E-state index contributed by atoms with van der Waals surface area (Å²) in [7, 11) is -9.91. The van der Waals surface area contributed by atoms with Crippen LogP contribution in [0.3, 0.4) is 0 Å². The molecule has 0 aromatic rings. The van der Waals surface area contributed by atoms with E-state index < -0.39 is 97.5 Å². The number of ether oxygens (including phenoxy) is 4. The van der Waals surface area contributed by atoms with Gasteiger partial charge < -0.3 is 33.8 Å². The van der Waals surface area contributed by atoms with Crippen molar-refractivity contribution in [2.75, 3.05) is 39.6 Å². The Labute approximate surface area is 588 Å². The van der Waals surface area contributed by atoms with E-state index in [0.717, 1.165) is 89.9 Å². The second kappa shape index (κ2) is 71.5. The van der Waals surface area contributed by atoms with Gasteiger partial charge in [-0.25, -0.2) is 9.13 Å². The van der Waals surface area contributed by atoms with Crippen molar-refractivity contribution >= 4 is 39.5 Å². The zero-order valence-corrected chi connectivity index (χ0v) is 64.1. The van der Waals surface area contributed by atoms with Crippen LogP contribution in [-0.2, 0) is 65.4 Å². The number of esters is 4. The Balaban J connectivity index is 5.24. The normalized spacial score (nSPS) is 13.9. The van der Waals surface area contributed by atoms with Crippen LogP contribution >= 0.6 is 15.6 Å². The lowest BCUT2D eigenvalue weighted by atomic mass is 10.0. The molecule has 0 spiro atoms. The molecule has 19 heteroatoms. The minimum Gasteiger partial charge on any atom is -0.462 e. The van der Waals surface area contributed by atoms with Crippen molar-refractivity contribution in [3.8, 4) is 0 Å². The predicted octanol–water partition coefficient (Wildman–Crippen LogP) is 23.0. The molecule has 0 rings (SSSR count). The van der Waals surface area contributed by atoms with Gasteiger partial charge in [-0.15, -0.1) is 0 Å². The molecule has 0 aliphatic rings. The Morgan fingerprint density at radius 1 is 0.250 bits per heavy atom. The summed E-state index contributed by atoms with van der Waals surface area (Å²) < 4.78 is 68.6. The van der Waals surface area contributed by atoms with Crippen LogP contribution in [-0.4, -0.2) is 96.7 Å². The summed E-state index contributed by atoms with van der Waals surface area (Å²) in [5.74, 6) is -2.11. The quantitative estimate of drug-likeness (QED) is 0.0222. The third-order valence-corrected chi connectivity index (χ3v) is 20.0. The maximum absolute atomic E-state index is 13.1. The number of rotatable bonds is 78. The number of unbranched alkanes of at least 4 members (excludes halogenated alkanes) is 52. The number of phosphoric ester groups is 2. The van der Waals surface area contributed by atoms with Gasteiger partial charge in [-0.3, -0.25) is 37.3 Å². The number of hydrogen-bond donors (Lipinski definition) is 3. The first kappa shape index (κ1) is 94.1. The van der Waals surface area contributed by atoms with Gasteiger partial charge in [0.05, 0.1) is 26.4 Å². The first-order chi connectivity index (χ1) is 46.7. The van der Waals surface area contributed by atoms with E-state index in [2.05, 4.69) is 27.7 Å². The van der Waals surface area contributed by atoms with Crippen LogP contribution in [0.1, 0.15) is 413 Å². The van der Waals surface area contributed by atoms with Crippen LogP contribution in [0.25, 0.3) is 0 Å². The van der Waals surface area contributed by atoms with E-state index in [1.807, 2.05) is 0 Å². The van der Waals surface area contributed by atoms with Crippen LogP contribution in [0, 0.1) is 0 Å². The number of hydrogen-bond acceptors (Lipinski definition) is 15.